The van der Waals surface area contributed by atoms with Crippen molar-refractivity contribution in [1.29, 1.82) is 5.26 Å². The highest BCUT2D eigenvalue weighted by molar-refractivity contribution is 7.80. The van der Waals surface area contributed by atoms with E-state index >= 15 is 0 Å². The van der Waals surface area contributed by atoms with Gasteiger partial charge >= 0.3 is 0 Å². The molecule has 5 heteroatoms. The van der Waals surface area contributed by atoms with Crippen LogP contribution in [0.1, 0.15) is 18.1 Å². The van der Waals surface area contributed by atoms with Gasteiger partial charge < -0.3 is 15.4 Å². The number of nitriles is 1. The van der Waals surface area contributed by atoms with E-state index in [0.717, 1.165) is 22.7 Å². The lowest BCUT2D eigenvalue weighted by molar-refractivity contribution is 0.340. The van der Waals surface area contributed by atoms with Gasteiger partial charge in [0.1, 0.15) is 5.75 Å². The fourth-order valence-electron chi connectivity index (χ4n) is 1.91. The van der Waals surface area contributed by atoms with Gasteiger partial charge in [-0.2, -0.15) is 5.26 Å². The summed E-state index contributed by atoms with van der Waals surface area (Å²) in [6.07, 6.45) is 0. The molecule has 0 aliphatic heterocycles. The van der Waals surface area contributed by atoms with Crippen LogP contribution < -0.4 is 15.4 Å². The molecule has 22 heavy (non-hydrogen) atoms. The molecule has 0 bridgehead atoms. The van der Waals surface area contributed by atoms with Gasteiger partial charge in [0.25, 0.3) is 0 Å². The zero-order valence-corrected chi connectivity index (χ0v) is 13.3. The largest absolute Gasteiger partial charge is 0.494 e. The van der Waals surface area contributed by atoms with Gasteiger partial charge in [-0.25, -0.2) is 0 Å². The molecule has 0 saturated carbocycles. The SMILES string of the molecule is CCOc1ccc(NC(=S)Nc2ccc(C)c(C#N)c2)cc1. The Labute approximate surface area is 135 Å². The van der Waals surface area contributed by atoms with E-state index in [9.17, 15) is 0 Å². The van der Waals surface area contributed by atoms with Crippen molar-refractivity contribution < 1.29 is 4.74 Å². The zero-order chi connectivity index (χ0) is 15.9. The maximum Gasteiger partial charge on any atom is 0.175 e. The van der Waals surface area contributed by atoms with Gasteiger partial charge in [-0.15, -0.1) is 0 Å². The van der Waals surface area contributed by atoms with Crippen LogP contribution in [0.2, 0.25) is 0 Å². The number of hydrogen-bond donors (Lipinski definition) is 2. The van der Waals surface area contributed by atoms with Crippen LogP contribution in [0.5, 0.6) is 5.75 Å². The van der Waals surface area contributed by atoms with E-state index in [2.05, 4.69) is 16.7 Å². The Bertz CT molecular complexity index is 705. The second kappa shape index (κ2) is 7.43. The molecular weight excluding hydrogens is 294 g/mol. The number of ether oxygens (including phenoxy) is 1. The summed E-state index contributed by atoms with van der Waals surface area (Å²) in [4.78, 5) is 0. The van der Waals surface area contributed by atoms with Crippen LogP contribution in [0.25, 0.3) is 0 Å². The van der Waals surface area contributed by atoms with E-state index in [1.54, 1.807) is 6.07 Å². The summed E-state index contributed by atoms with van der Waals surface area (Å²) in [6.45, 7) is 4.49. The molecule has 0 atom stereocenters. The summed E-state index contributed by atoms with van der Waals surface area (Å²) in [6, 6.07) is 15.3. The Morgan fingerprint density at radius 1 is 1.14 bits per heavy atom. The van der Waals surface area contributed by atoms with Crippen molar-refractivity contribution in [3.05, 3.63) is 53.6 Å². The molecular formula is C17H17N3OS. The Morgan fingerprint density at radius 3 is 2.41 bits per heavy atom. The quantitative estimate of drug-likeness (QED) is 0.833. The van der Waals surface area contributed by atoms with Crippen molar-refractivity contribution in [3.8, 4) is 11.8 Å². The Kier molecular flexibility index (Phi) is 5.34. The number of hydrogen-bond acceptors (Lipinski definition) is 3. The van der Waals surface area contributed by atoms with Crippen molar-refractivity contribution in [2.45, 2.75) is 13.8 Å². The number of nitrogens with zero attached hydrogens (tertiary/aromatic N) is 1. The fourth-order valence-corrected chi connectivity index (χ4v) is 2.15. The molecule has 0 aliphatic carbocycles. The van der Waals surface area contributed by atoms with Crippen molar-refractivity contribution in [1.82, 2.24) is 0 Å². The van der Waals surface area contributed by atoms with Gasteiger partial charge in [-0.1, -0.05) is 6.07 Å². The van der Waals surface area contributed by atoms with Gasteiger partial charge in [0.05, 0.1) is 18.2 Å². The summed E-state index contributed by atoms with van der Waals surface area (Å²) in [5, 5.41) is 15.7. The monoisotopic (exact) mass is 311 g/mol. The van der Waals surface area contributed by atoms with E-state index in [4.69, 9.17) is 22.2 Å². The maximum atomic E-state index is 9.04. The van der Waals surface area contributed by atoms with Crippen molar-refractivity contribution in [3.63, 3.8) is 0 Å². The van der Waals surface area contributed by atoms with Crippen molar-refractivity contribution >= 4 is 28.7 Å². The lowest BCUT2D eigenvalue weighted by atomic mass is 10.1. The van der Waals surface area contributed by atoms with Crippen LogP contribution in [0.3, 0.4) is 0 Å². The normalized spacial score (nSPS) is 9.68. The van der Waals surface area contributed by atoms with Crippen LogP contribution in [0.4, 0.5) is 11.4 Å². The maximum absolute atomic E-state index is 9.04. The lowest BCUT2D eigenvalue weighted by Crippen LogP contribution is -2.19. The van der Waals surface area contributed by atoms with E-state index in [1.807, 2.05) is 50.2 Å². The van der Waals surface area contributed by atoms with Gasteiger partial charge in [0, 0.05) is 11.4 Å². The Morgan fingerprint density at radius 2 is 1.77 bits per heavy atom. The number of nitrogens with one attached hydrogen (secondary N) is 2. The molecule has 0 aromatic heterocycles. The molecule has 0 radical (unpaired) electrons. The fraction of sp³-hybridized carbons (Fsp3) is 0.176. The lowest BCUT2D eigenvalue weighted by Gasteiger charge is -2.12. The number of rotatable bonds is 4. The van der Waals surface area contributed by atoms with Gasteiger partial charge in [-0.3, -0.25) is 0 Å². The predicted octanol–water partition coefficient (Wildman–Crippen LogP) is 4.07. The molecule has 0 aliphatic rings. The average molecular weight is 311 g/mol. The summed E-state index contributed by atoms with van der Waals surface area (Å²) in [5.41, 5.74) is 3.23. The first-order valence-corrected chi connectivity index (χ1v) is 7.35. The second-order valence-electron chi connectivity index (χ2n) is 4.68. The number of anilines is 2. The third kappa shape index (κ3) is 4.21. The van der Waals surface area contributed by atoms with E-state index in [-0.39, 0.29) is 0 Å². The second-order valence-corrected chi connectivity index (χ2v) is 5.09. The molecule has 0 saturated heterocycles. The van der Waals surface area contributed by atoms with Crippen LogP contribution >= 0.6 is 12.2 Å². The van der Waals surface area contributed by atoms with Gasteiger partial charge in [-0.05, 0) is 68.0 Å². The molecule has 2 aromatic rings. The molecule has 2 rings (SSSR count). The smallest absolute Gasteiger partial charge is 0.175 e. The first-order chi connectivity index (χ1) is 10.6. The van der Waals surface area contributed by atoms with Crippen LogP contribution in [0, 0.1) is 18.3 Å². The molecule has 0 fully saturated rings. The minimum atomic E-state index is 0.469. The summed E-state index contributed by atoms with van der Waals surface area (Å²) >= 11 is 5.28. The predicted molar refractivity (Wildman–Crippen MR) is 93.3 cm³/mol. The molecule has 4 nitrogen and oxygen atoms in total. The summed E-state index contributed by atoms with van der Waals surface area (Å²) in [5.74, 6) is 0.823. The van der Waals surface area contributed by atoms with E-state index in [1.165, 1.54) is 0 Å². The third-order valence-corrected chi connectivity index (χ3v) is 3.24. The van der Waals surface area contributed by atoms with Gasteiger partial charge in [0.2, 0.25) is 0 Å². The van der Waals surface area contributed by atoms with E-state index in [0.29, 0.717) is 17.3 Å². The van der Waals surface area contributed by atoms with E-state index < -0.39 is 0 Å². The standard InChI is InChI=1S/C17H17N3OS/c1-3-21-16-8-6-14(7-9-16)19-17(22)20-15-5-4-12(2)13(10-15)11-18/h4-10H,3H2,1-2H3,(H2,19,20,22). The summed E-state index contributed by atoms with van der Waals surface area (Å²) < 4.78 is 5.39. The summed E-state index contributed by atoms with van der Waals surface area (Å²) in [7, 11) is 0. The highest BCUT2D eigenvalue weighted by Gasteiger charge is 2.03. The Balaban J connectivity index is 1.99. The Hall–Kier alpha value is -2.58. The van der Waals surface area contributed by atoms with Crippen LogP contribution in [0.15, 0.2) is 42.5 Å². The molecule has 0 unspecified atom stereocenters. The molecule has 0 amide bonds. The van der Waals surface area contributed by atoms with Crippen molar-refractivity contribution in [2.24, 2.45) is 0 Å². The molecule has 0 spiro atoms. The van der Waals surface area contributed by atoms with Crippen LogP contribution in [-0.2, 0) is 0 Å². The topological polar surface area (TPSA) is 57.1 Å². The van der Waals surface area contributed by atoms with Crippen LogP contribution in [-0.4, -0.2) is 11.7 Å². The first kappa shape index (κ1) is 15.8. The molecule has 2 N–H and O–H groups in total. The number of benzene rings is 2. The molecule has 112 valence electrons. The number of thiocarbonyl (C=S) groups is 1. The van der Waals surface area contributed by atoms with Gasteiger partial charge in [0.15, 0.2) is 5.11 Å². The zero-order valence-electron chi connectivity index (χ0n) is 12.5. The first-order valence-electron chi connectivity index (χ1n) is 6.94. The average Bonchev–Trinajstić information content (AvgIpc) is 2.51. The minimum absolute atomic E-state index is 0.469. The van der Waals surface area contributed by atoms with Crippen molar-refractivity contribution in [2.75, 3.05) is 17.2 Å². The highest BCUT2D eigenvalue weighted by atomic mass is 32.1. The molecule has 0 heterocycles. The molecule has 2 aromatic carbocycles. The highest BCUT2D eigenvalue weighted by Crippen LogP contribution is 2.17. The minimum Gasteiger partial charge on any atom is -0.494 e. The number of aryl methyl sites for hydroxylation is 1. The third-order valence-electron chi connectivity index (χ3n) is 3.04.